The van der Waals surface area contributed by atoms with Crippen LogP contribution in [0.15, 0.2) is 70.6 Å². The number of fused-ring (bicyclic) bond motifs is 2. The minimum Gasteiger partial charge on any atom is -0.475 e. The molecule has 6 rings (SSSR count). The molecule has 0 radical (unpaired) electrons. The van der Waals surface area contributed by atoms with Crippen molar-refractivity contribution < 1.29 is 9.47 Å². The predicted molar refractivity (Wildman–Crippen MR) is 175 cm³/mol. The molecule has 2 atom stereocenters. The first-order chi connectivity index (χ1) is 18.3. The van der Waals surface area contributed by atoms with Gasteiger partial charge in [-0.3, -0.25) is 0 Å². The largest absolute Gasteiger partial charge is 0.475 e. The molecular formula is C32H30I2N2O2. The first kappa shape index (κ1) is 26.0. The Morgan fingerprint density at radius 2 is 1.03 bits per heavy atom. The van der Waals surface area contributed by atoms with Crippen molar-refractivity contribution in [2.75, 3.05) is 13.2 Å². The fraction of sp³-hybridized carbons (Fsp3) is 0.312. The molecule has 0 saturated carbocycles. The van der Waals surface area contributed by atoms with Gasteiger partial charge in [0, 0.05) is 18.3 Å². The highest BCUT2D eigenvalue weighted by molar-refractivity contribution is 14.1. The average molecular weight is 728 g/mol. The highest BCUT2D eigenvalue weighted by atomic mass is 127. The third kappa shape index (κ3) is 4.51. The Kier molecular flexibility index (Phi) is 7.13. The quantitative estimate of drug-likeness (QED) is 0.194. The van der Waals surface area contributed by atoms with Gasteiger partial charge in [0.1, 0.15) is 13.2 Å². The molecule has 38 heavy (non-hydrogen) atoms. The van der Waals surface area contributed by atoms with Crippen LogP contribution in [0.25, 0.3) is 32.7 Å². The minimum atomic E-state index is 0.154. The van der Waals surface area contributed by atoms with Crippen molar-refractivity contribution in [3.05, 3.63) is 78.9 Å². The lowest BCUT2D eigenvalue weighted by molar-refractivity contribution is 0.291. The molecule has 4 aromatic rings. The molecule has 194 valence electrons. The molecule has 2 aliphatic heterocycles. The molecule has 0 saturated heterocycles. The van der Waals surface area contributed by atoms with E-state index in [4.69, 9.17) is 19.5 Å². The Labute approximate surface area is 251 Å². The van der Waals surface area contributed by atoms with Gasteiger partial charge in [0.15, 0.2) is 0 Å². The van der Waals surface area contributed by atoms with Crippen LogP contribution in [0.2, 0.25) is 0 Å². The fourth-order valence-electron chi connectivity index (χ4n) is 5.30. The summed E-state index contributed by atoms with van der Waals surface area (Å²) in [6.07, 6.45) is 0. The standard InChI is InChI=1S/C32H30I2N2O2/c1-17(2)25-15-37-31(35-25)29-23(33)13-19-9-5-7-11-21(19)27(29)28-22-12-8-6-10-20(22)14-24(34)30(28)32-36-26(16-38-32)18(3)4/h5-14,17-18,25-26H,15-16H2,1-4H3/t25-,26-/m1/s1. The summed E-state index contributed by atoms with van der Waals surface area (Å²) in [5.74, 6) is 2.30. The second kappa shape index (κ2) is 10.4. The zero-order valence-electron chi connectivity index (χ0n) is 22.0. The van der Waals surface area contributed by atoms with Crippen LogP contribution in [0, 0.1) is 19.0 Å². The molecule has 4 aromatic carbocycles. The van der Waals surface area contributed by atoms with Crippen LogP contribution in [0.1, 0.15) is 38.8 Å². The van der Waals surface area contributed by atoms with E-state index in [1.807, 2.05) is 0 Å². The minimum absolute atomic E-state index is 0.154. The van der Waals surface area contributed by atoms with E-state index < -0.39 is 0 Å². The molecular weight excluding hydrogens is 698 g/mol. The number of aliphatic imine (C=N–C) groups is 2. The van der Waals surface area contributed by atoms with Gasteiger partial charge in [-0.2, -0.15) is 0 Å². The van der Waals surface area contributed by atoms with E-state index in [-0.39, 0.29) is 12.1 Å². The maximum Gasteiger partial charge on any atom is 0.218 e. The number of ether oxygens (including phenoxy) is 2. The van der Waals surface area contributed by atoms with Gasteiger partial charge in [-0.25, -0.2) is 9.98 Å². The lowest BCUT2D eigenvalue weighted by Gasteiger charge is -2.21. The maximum atomic E-state index is 6.34. The Hall–Kier alpha value is -2.20. The van der Waals surface area contributed by atoms with E-state index in [1.54, 1.807) is 0 Å². The topological polar surface area (TPSA) is 43.2 Å². The van der Waals surface area contributed by atoms with E-state index in [0.29, 0.717) is 25.0 Å². The zero-order valence-corrected chi connectivity index (χ0v) is 26.3. The molecule has 0 fully saturated rings. The SMILES string of the molecule is CC(C)[C@H]1COC(c2c(I)cc3ccccc3c2-c2c(C3=N[C@@H](C(C)C)CO3)c(I)cc3ccccc23)=N1. The monoisotopic (exact) mass is 728 g/mol. The second-order valence-corrected chi connectivity index (χ2v) is 13.1. The van der Waals surface area contributed by atoms with Crippen LogP contribution in [0.4, 0.5) is 0 Å². The summed E-state index contributed by atoms with van der Waals surface area (Å²) in [5, 5.41) is 4.74. The summed E-state index contributed by atoms with van der Waals surface area (Å²) in [6, 6.07) is 22.0. The number of nitrogens with zero attached hydrogens (tertiary/aromatic N) is 2. The van der Waals surface area contributed by atoms with Crippen molar-refractivity contribution in [2.45, 2.75) is 39.8 Å². The fourth-order valence-corrected chi connectivity index (χ4v) is 6.97. The van der Waals surface area contributed by atoms with Gasteiger partial charge in [0.2, 0.25) is 11.8 Å². The van der Waals surface area contributed by atoms with Crippen LogP contribution < -0.4 is 0 Å². The average Bonchev–Trinajstić information content (AvgIpc) is 3.58. The summed E-state index contributed by atoms with van der Waals surface area (Å²) < 4.78 is 14.9. The van der Waals surface area contributed by atoms with Crippen molar-refractivity contribution in [1.29, 1.82) is 0 Å². The first-order valence-electron chi connectivity index (χ1n) is 13.2. The predicted octanol–water partition coefficient (Wildman–Crippen LogP) is 8.47. The molecule has 6 heteroatoms. The van der Waals surface area contributed by atoms with Gasteiger partial charge < -0.3 is 9.47 Å². The van der Waals surface area contributed by atoms with Crippen LogP contribution in [-0.4, -0.2) is 37.1 Å². The highest BCUT2D eigenvalue weighted by Crippen LogP contribution is 2.44. The molecule has 4 nitrogen and oxygen atoms in total. The summed E-state index contributed by atoms with van der Waals surface area (Å²) in [6.45, 7) is 10.1. The van der Waals surface area contributed by atoms with Gasteiger partial charge in [-0.15, -0.1) is 0 Å². The molecule has 0 amide bonds. The molecule has 0 bridgehead atoms. The highest BCUT2D eigenvalue weighted by Gasteiger charge is 2.32. The van der Waals surface area contributed by atoms with Crippen molar-refractivity contribution in [1.82, 2.24) is 0 Å². The Balaban J connectivity index is 1.75. The summed E-state index contributed by atoms with van der Waals surface area (Å²) in [5.41, 5.74) is 4.39. The molecule has 0 spiro atoms. The summed E-state index contributed by atoms with van der Waals surface area (Å²) in [4.78, 5) is 10.2. The van der Waals surface area contributed by atoms with E-state index in [0.717, 1.165) is 41.2 Å². The van der Waals surface area contributed by atoms with Gasteiger partial charge in [0.25, 0.3) is 0 Å². The molecule has 2 heterocycles. The van der Waals surface area contributed by atoms with Crippen molar-refractivity contribution in [3.63, 3.8) is 0 Å². The number of rotatable bonds is 5. The van der Waals surface area contributed by atoms with Crippen LogP contribution in [0.3, 0.4) is 0 Å². The summed E-state index contributed by atoms with van der Waals surface area (Å²) in [7, 11) is 0. The van der Waals surface area contributed by atoms with Gasteiger partial charge in [-0.05, 0) is 90.7 Å². The van der Waals surface area contributed by atoms with Crippen LogP contribution >= 0.6 is 45.2 Å². The Morgan fingerprint density at radius 1 is 0.632 bits per heavy atom. The zero-order chi connectivity index (χ0) is 26.6. The van der Waals surface area contributed by atoms with E-state index in [9.17, 15) is 0 Å². The molecule has 0 aliphatic carbocycles. The van der Waals surface area contributed by atoms with Gasteiger partial charge in [0.05, 0.1) is 23.2 Å². The smallest absolute Gasteiger partial charge is 0.218 e. The van der Waals surface area contributed by atoms with E-state index >= 15 is 0 Å². The number of halogens is 2. The van der Waals surface area contributed by atoms with Gasteiger partial charge >= 0.3 is 0 Å². The Bertz CT molecular complexity index is 1500. The lowest BCUT2D eigenvalue weighted by atomic mass is 9.86. The summed E-state index contributed by atoms with van der Waals surface area (Å²) >= 11 is 4.91. The molecule has 0 N–H and O–H groups in total. The third-order valence-electron chi connectivity index (χ3n) is 7.57. The Morgan fingerprint density at radius 3 is 1.39 bits per heavy atom. The molecule has 0 aromatic heterocycles. The van der Waals surface area contributed by atoms with Crippen molar-refractivity contribution in [2.24, 2.45) is 21.8 Å². The van der Waals surface area contributed by atoms with Gasteiger partial charge in [-0.1, -0.05) is 76.2 Å². The molecule has 0 unspecified atom stereocenters. The number of hydrogen-bond acceptors (Lipinski definition) is 4. The first-order valence-corrected chi connectivity index (χ1v) is 15.3. The lowest BCUT2D eigenvalue weighted by Crippen LogP contribution is -2.13. The van der Waals surface area contributed by atoms with Crippen LogP contribution in [0.5, 0.6) is 0 Å². The van der Waals surface area contributed by atoms with Crippen LogP contribution in [-0.2, 0) is 9.47 Å². The van der Waals surface area contributed by atoms with E-state index in [2.05, 4.69) is 134 Å². The van der Waals surface area contributed by atoms with E-state index in [1.165, 1.54) is 21.5 Å². The maximum absolute atomic E-state index is 6.34. The number of hydrogen-bond donors (Lipinski definition) is 0. The second-order valence-electron chi connectivity index (χ2n) is 10.8. The normalized spacial score (nSPS) is 19.3. The number of benzene rings is 4. The molecule has 2 aliphatic rings. The third-order valence-corrected chi connectivity index (χ3v) is 9.27. The van der Waals surface area contributed by atoms with Crippen molar-refractivity contribution in [3.8, 4) is 11.1 Å². The van der Waals surface area contributed by atoms with Crippen molar-refractivity contribution >= 4 is 78.5 Å².